The lowest BCUT2D eigenvalue weighted by atomic mass is 10.2. The van der Waals surface area contributed by atoms with Crippen LogP contribution in [0, 0.1) is 6.92 Å². The zero-order chi connectivity index (χ0) is 14.2. The first-order valence-corrected chi connectivity index (χ1v) is 8.48. The van der Waals surface area contributed by atoms with Gasteiger partial charge in [0.1, 0.15) is 0 Å². The molecule has 1 N–H and O–H groups in total. The number of nitrogens with one attached hydrogen (secondary N) is 1. The quantitative estimate of drug-likeness (QED) is 0.794. The van der Waals surface area contributed by atoms with Crippen molar-refractivity contribution in [3.8, 4) is 0 Å². The molecule has 0 aliphatic heterocycles. The minimum Gasteiger partial charge on any atom is -0.280 e. The van der Waals surface area contributed by atoms with E-state index in [0.717, 1.165) is 15.6 Å². The Morgan fingerprint density at radius 1 is 1.00 bits per heavy atom. The molecule has 0 saturated carbocycles. The fourth-order valence-electron chi connectivity index (χ4n) is 1.96. The van der Waals surface area contributed by atoms with Crippen LogP contribution in [0.5, 0.6) is 0 Å². The molecule has 0 aliphatic rings. The van der Waals surface area contributed by atoms with Gasteiger partial charge in [0.05, 0.1) is 4.90 Å². The molecule has 1 heterocycles. The molecule has 3 rings (SSSR count). The molecule has 0 unspecified atom stereocenters. The Balaban J connectivity index is 1.94. The molecular formula is C15H13NO2S2. The van der Waals surface area contributed by atoms with Gasteiger partial charge in [-0.1, -0.05) is 17.7 Å². The minimum absolute atomic E-state index is 0.272. The second-order valence-electron chi connectivity index (χ2n) is 4.59. The first-order valence-electron chi connectivity index (χ1n) is 6.11. The van der Waals surface area contributed by atoms with Crippen LogP contribution in [0.3, 0.4) is 0 Å². The Bertz CT molecular complexity index is 849. The number of thiophene rings is 1. The second-order valence-corrected chi connectivity index (χ2v) is 7.22. The summed E-state index contributed by atoms with van der Waals surface area (Å²) in [5.74, 6) is 0. The van der Waals surface area contributed by atoms with Crippen molar-refractivity contribution in [3.63, 3.8) is 0 Å². The lowest BCUT2D eigenvalue weighted by Gasteiger charge is -2.08. The van der Waals surface area contributed by atoms with Gasteiger partial charge in [0.2, 0.25) is 0 Å². The van der Waals surface area contributed by atoms with Gasteiger partial charge >= 0.3 is 0 Å². The number of aryl methyl sites for hydroxylation is 1. The molecule has 3 nitrogen and oxygen atoms in total. The van der Waals surface area contributed by atoms with Gasteiger partial charge < -0.3 is 0 Å². The van der Waals surface area contributed by atoms with Crippen molar-refractivity contribution >= 4 is 37.1 Å². The van der Waals surface area contributed by atoms with Crippen molar-refractivity contribution < 1.29 is 8.42 Å². The van der Waals surface area contributed by atoms with Crippen LogP contribution in [0.2, 0.25) is 0 Å². The summed E-state index contributed by atoms with van der Waals surface area (Å²) >= 11 is 1.63. The monoisotopic (exact) mass is 303 g/mol. The first kappa shape index (κ1) is 13.1. The SMILES string of the molecule is Cc1ccc(S(=O)(=O)Nc2ccc3sccc3c2)cc1. The molecule has 0 aliphatic carbocycles. The van der Waals surface area contributed by atoms with Gasteiger partial charge in [0, 0.05) is 10.4 Å². The van der Waals surface area contributed by atoms with Gasteiger partial charge in [-0.2, -0.15) is 0 Å². The van der Waals surface area contributed by atoms with Crippen molar-refractivity contribution in [2.75, 3.05) is 4.72 Å². The molecule has 2 aromatic carbocycles. The van der Waals surface area contributed by atoms with Crippen LogP contribution in [-0.4, -0.2) is 8.42 Å². The number of sulfonamides is 1. The molecule has 1 aromatic heterocycles. The molecule has 0 atom stereocenters. The third kappa shape index (κ3) is 2.55. The number of benzene rings is 2. The van der Waals surface area contributed by atoms with Gasteiger partial charge in [0.15, 0.2) is 0 Å². The van der Waals surface area contributed by atoms with Crippen LogP contribution >= 0.6 is 11.3 Å². The summed E-state index contributed by atoms with van der Waals surface area (Å²) < 4.78 is 28.3. The van der Waals surface area contributed by atoms with Crippen LogP contribution in [0.25, 0.3) is 10.1 Å². The van der Waals surface area contributed by atoms with E-state index >= 15 is 0 Å². The van der Waals surface area contributed by atoms with E-state index in [9.17, 15) is 8.42 Å². The summed E-state index contributed by atoms with van der Waals surface area (Å²) in [5.41, 5.74) is 1.61. The topological polar surface area (TPSA) is 46.2 Å². The average Bonchev–Trinajstić information content (AvgIpc) is 2.86. The largest absolute Gasteiger partial charge is 0.280 e. The molecule has 3 aromatic rings. The predicted molar refractivity (Wildman–Crippen MR) is 83.8 cm³/mol. The van der Waals surface area contributed by atoms with E-state index in [2.05, 4.69) is 4.72 Å². The fraction of sp³-hybridized carbons (Fsp3) is 0.0667. The van der Waals surface area contributed by atoms with E-state index in [0.29, 0.717) is 5.69 Å². The Morgan fingerprint density at radius 3 is 2.50 bits per heavy atom. The standard InChI is InChI=1S/C15H13NO2S2/c1-11-2-5-14(6-3-11)20(17,18)16-13-4-7-15-12(10-13)8-9-19-15/h2-10,16H,1H3. The minimum atomic E-state index is -3.53. The number of hydrogen-bond donors (Lipinski definition) is 1. The summed E-state index contributed by atoms with van der Waals surface area (Å²) in [5, 5.41) is 3.03. The summed E-state index contributed by atoms with van der Waals surface area (Å²) in [6.07, 6.45) is 0. The molecule has 0 fully saturated rings. The summed E-state index contributed by atoms with van der Waals surface area (Å²) in [4.78, 5) is 0.272. The second kappa shape index (κ2) is 4.92. The molecule has 0 saturated heterocycles. The number of fused-ring (bicyclic) bond motifs is 1. The summed E-state index contributed by atoms with van der Waals surface area (Å²) in [6, 6.07) is 14.3. The fourth-order valence-corrected chi connectivity index (χ4v) is 3.78. The van der Waals surface area contributed by atoms with Crippen molar-refractivity contribution in [1.29, 1.82) is 0 Å². The molecule has 0 amide bonds. The normalized spacial score (nSPS) is 11.7. The highest BCUT2D eigenvalue weighted by Gasteiger charge is 2.13. The van der Waals surface area contributed by atoms with Crippen LogP contribution in [0.1, 0.15) is 5.56 Å². The first-order chi connectivity index (χ1) is 9.54. The molecule has 0 bridgehead atoms. The van der Waals surface area contributed by atoms with Gasteiger partial charge in [0.25, 0.3) is 10.0 Å². The highest BCUT2D eigenvalue weighted by molar-refractivity contribution is 7.92. The van der Waals surface area contributed by atoms with Gasteiger partial charge in [-0.05, 0) is 54.1 Å². The van der Waals surface area contributed by atoms with Crippen LogP contribution in [0.4, 0.5) is 5.69 Å². The molecule has 102 valence electrons. The number of rotatable bonds is 3. The molecular weight excluding hydrogens is 290 g/mol. The maximum atomic E-state index is 12.3. The van der Waals surface area contributed by atoms with Crippen LogP contribution < -0.4 is 4.72 Å². The van der Waals surface area contributed by atoms with E-state index in [1.165, 1.54) is 0 Å². The van der Waals surface area contributed by atoms with Crippen molar-refractivity contribution in [3.05, 3.63) is 59.5 Å². The zero-order valence-electron chi connectivity index (χ0n) is 10.8. The molecule has 20 heavy (non-hydrogen) atoms. The molecule has 0 radical (unpaired) electrons. The zero-order valence-corrected chi connectivity index (χ0v) is 12.5. The van der Waals surface area contributed by atoms with E-state index in [-0.39, 0.29) is 4.90 Å². The van der Waals surface area contributed by atoms with Gasteiger partial charge in [-0.25, -0.2) is 8.42 Å². The average molecular weight is 303 g/mol. The predicted octanol–water partition coefficient (Wildman–Crippen LogP) is 4.01. The van der Waals surface area contributed by atoms with Gasteiger partial charge in [-0.3, -0.25) is 4.72 Å². The smallest absolute Gasteiger partial charge is 0.261 e. The van der Waals surface area contributed by atoms with E-state index in [1.54, 1.807) is 41.7 Å². The van der Waals surface area contributed by atoms with Gasteiger partial charge in [-0.15, -0.1) is 11.3 Å². The molecule has 5 heteroatoms. The Morgan fingerprint density at radius 2 is 1.75 bits per heavy atom. The van der Waals surface area contributed by atoms with E-state index in [4.69, 9.17) is 0 Å². The lowest BCUT2D eigenvalue weighted by Crippen LogP contribution is -2.12. The van der Waals surface area contributed by atoms with Crippen LogP contribution in [0.15, 0.2) is 58.8 Å². The van der Waals surface area contributed by atoms with E-state index < -0.39 is 10.0 Å². The summed E-state index contributed by atoms with van der Waals surface area (Å²) in [6.45, 7) is 1.92. The summed E-state index contributed by atoms with van der Waals surface area (Å²) in [7, 11) is -3.53. The number of hydrogen-bond acceptors (Lipinski definition) is 3. The van der Waals surface area contributed by atoms with E-state index in [1.807, 2.05) is 30.5 Å². The highest BCUT2D eigenvalue weighted by Crippen LogP contribution is 2.25. The van der Waals surface area contributed by atoms with Crippen molar-refractivity contribution in [2.24, 2.45) is 0 Å². The van der Waals surface area contributed by atoms with Crippen molar-refractivity contribution in [1.82, 2.24) is 0 Å². The third-order valence-corrected chi connectivity index (χ3v) is 5.33. The lowest BCUT2D eigenvalue weighted by molar-refractivity contribution is 0.601. The Hall–Kier alpha value is -1.85. The van der Waals surface area contributed by atoms with Crippen molar-refractivity contribution in [2.45, 2.75) is 11.8 Å². The van der Waals surface area contributed by atoms with Crippen LogP contribution in [-0.2, 0) is 10.0 Å². The Kier molecular flexibility index (Phi) is 3.23. The highest BCUT2D eigenvalue weighted by atomic mass is 32.2. The maximum absolute atomic E-state index is 12.3. The third-order valence-electron chi connectivity index (χ3n) is 3.04. The number of anilines is 1. The Labute approximate surface area is 121 Å². The maximum Gasteiger partial charge on any atom is 0.261 e. The molecule has 0 spiro atoms.